The zero-order chi connectivity index (χ0) is 11.1. The first kappa shape index (κ1) is 10.3. The zero-order valence-corrected chi connectivity index (χ0v) is 10.1. The van der Waals surface area contributed by atoms with Crippen molar-refractivity contribution in [3.05, 3.63) is 34.6 Å². The van der Waals surface area contributed by atoms with Crippen LogP contribution < -0.4 is 5.32 Å². The molecule has 0 amide bonds. The summed E-state index contributed by atoms with van der Waals surface area (Å²) in [4.78, 5) is 4.23. The van der Waals surface area contributed by atoms with Gasteiger partial charge in [-0.25, -0.2) is 4.98 Å². The van der Waals surface area contributed by atoms with E-state index in [1.165, 1.54) is 30.5 Å². The Bertz CT molecular complexity index is 453. The molecule has 3 rings (SSSR count). The van der Waals surface area contributed by atoms with E-state index < -0.39 is 0 Å². The van der Waals surface area contributed by atoms with E-state index in [2.05, 4.69) is 22.4 Å². The maximum absolute atomic E-state index is 5.95. The molecule has 1 aromatic rings. The van der Waals surface area contributed by atoms with E-state index in [4.69, 9.17) is 11.6 Å². The van der Waals surface area contributed by atoms with Crippen LogP contribution in [-0.2, 0) is 0 Å². The molecule has 0 aromatic carbocycles. The van der Waals surface area contributed by atoms with E-state index in [1.54, 1.807) is 0 Å². The fraction of sp³-hybridized carbons (Fsp3) is 0.462. The number of allylic oxidation sites excluding steroid dienone is 1. The molecule has 1 aromatic heterocycles. The molecule has 1 fully saturated rings. The molecule has 2 nitrogen and oxygen atoms in total. The molecule has 2 aliphatic rings. The van der Waals surface area contributed by atoms with E-state index >= 15 is 0 Å². The highest BCUT2D eigenvalue weighted by Crippen LogP contribution is 2.36. The van der Waals surface area contributed by atoms with Gasteiger partial charge >= 0.3 is 0 Å². The number of rotatable bonds is 1. The van der Waals surface area contributed by atoms with Gasteiger partial charge in [0.25, 0.3) is 0 Å². The van der Waals surface area contributed by atoms with Crippen LogP contribution in [0.2, 0.25) is 5.15 Å². The molecule has 1 N–H and O–H groups in total. The molecule has 2 heterocycles. The second kappa shape index (κ2) is 3.86. The summed E-state index contributed by atoms with van der Waals surface area (Å²) in [7, 11) is 0. The molecule has 3 heteroatoms. The van der Waals surface area contributed by atoms with E-state index in [9.17, 15) is 0 Å². The highest BCUT2D eigenvalue weighted by Gasteiger charge is 2.35. The predicted octanol–water partition coefficient (Wildman–Crippen LogP) is 2.81. The number of nitrogens with zero attached hydrogens (tertiary/aromatic N) is 1. The number of aryl methyl sites for hydroxylation is 1. The van der Waals surface area contributed by atoms with Crippen LogP contribution in [-0.4, -0.2) is 17.6 Å². The molecule has 1 aliphatic heterocycles. The molecule has 0 saturated carbocycles. The lowest BCUT2D eigenvalue weighted by Crippen LogP contribution is -2.54. The summed E-state index contributed by atoms with van der Waals surface area (Å²) in [6, 6.07) is 2.69. The van der Waals surface area contributed by atoms with Crippen molar-refractivity contribution in [2.24, 2.45) is 5.92 Å². The smallest absolute Gasteiger partial charge is 0.131 e. The third kappa shape index (κ3) is 1.57. The van der Waals surface area contributed by atoms with E-state index in [-0.39, 0.29) is 0 Å². The largest absolute Gasteiger partial charge is 0.309 e. The molecule has 0 spiro atoms. The Hall–Kier alpha value is -0.860. The average Bonchev–Trinajstić information content (AvgIpc) is 2.24. The first-order valence-corrected chi connectivity index (χ1v) is 6.19. The van der Waals surface area contributed by atoms with Gasteiger partial charge in [-0.05, 0) is 48.4 Å². The number of hydrogen-bond acceptors (Lipinski definition) is 2. The standard InChI is InChI=1S/C13H15ClN2/c1-8-5-10(7-16-13(8)14)11-4-2-3-9-6-15-12(9)11/h4-5,7,9,12,15H,2-3,6H2,1H3/t9-,12+/m0/s1. The van der Waals surface area contributed by atoms with Crippen molar-refractivity contribution < 1.29 is 0 Å². The summed E-state index contributed by atoms with van der Waals surface area (Å²) in [5, 5.41) is 4.11. The van der Waals surface area contributed by atoms with Crippen molar-refractivity contribution in [1.82, 2.24) is 10.3 Å². The van der Waals surface area contributed by atoms with Gasteiger partial charge in [0.05, 0.1) is 0 Å². The molecular weight excluding hydrogens is 220 g/mol. The Labute approximate surface area is 101 Å². The Balaban J connectivity index is 1.96. The topological polar surface area (TPSA) is 24.9 Å². The maximum Gasteiger partial charge on any atom is 0.131 e. The van der Waals surface area contributed by atoms with Gasteiger partial charge in [-0.2, -0.15) is 0 Å². The first-order valence-electron chi connectivity index (χ1n) is 5.81. The van der Waals surface area contributed by atoms with Crippen molar-refractivity contribution in [3.8, 4) is 0 Å². The summed E-state index contributed by atoms with van der Waals surface area (Å²) in [6.07, 6.45) is 6.75. The summed E-state index contributed by atoms with van der Waals surface area (Å²) < 4.78 is 0. The minimum atomic E-state index is 0.552. The minimum Gasteiger partial charge on any atom is -0.309 e. The van der Waals surface area contributed by atoms with E-state index in [1.807, 2.05) is 13.1 Å². The van der Waals surface area contributed by atoms with Gasteiger partial charge in [0.2, 0.25) is 0 Å². The van der Waals surface area contributed by atoms with E-state index in [0.717, 1.165) is 11.5 Å². The molecular formula is C13H15ClN2. The lowest BCUT2D eigenvalue weighted by Gasteiger charge is -2.42. The molecule has 1 saturated heterocycles. The van der Waals surface area contributed by atoms with Gasteiger partial charge in [0.1, 0.15) is 5.15 Å². The maximum atomic E-state index is 5.95. The molecule has 84 valence electrons. The number of hydrogen-bond donors (Lipinski definition) is 1. The predicted molar refractivity (Wildman–Crippen MR) is 66.5 cm³/mol. The summed E-state index contributed by atoms with van der Waals surface area (Å²) >= 11 is 5.95. The fourth-order valence-corrected chi connectivity index (χ4v) is 2.73. The minimum absolute atomic E-state index is 0.552. The van der Waals surface area contributed by atoms with Crippen molar-refractivity contribution in [1.29, 1.82) is 0 Å². The molecule has 0 bridgehead atoms. The normalized spacial score (nSPS) is 28.0. The lowest BCUT2D eigenvalue weighted by atomic mass is 9.76. The van der Waals surface area contributed by atoms with Gasteiger partial charge in [0, 0.05) is 18.8 Å². The lowest BCUT2D eigenvalue weighted by molar-refractivity contribution is 0.262. The van der Waals surface area contributed by atoms with Crippen LogP contribution in [0.25, 0.3) is 5.57 Å². The quantitative estimate of drug-likeness (QED) is 0.756. The number of fused-ring (bicyclic) bond motifs is 1. The number of nitrogens with one attached hydrogen (secondary N) is 1. The Morgan fingerprint density at radius 2 is 2.38 bits per heavy atom. The van der Waals surface area contributed by atoms with Crippen molar-refractivity contribution in [2.45, 2.75) is 25.8 Å². The molecule has 0 unspecified atom stereocenters. The summed E-state index contributed by atoms with van der Waals surface area (Å²) in [6.45, 7) is 3.18. The molecule has 1 aliphatic carbocycles. The SMILES string of the molecule is Cc1cc(C2=CCC[C@H]3CN[C@@H]23)cnc1Cl. The van der Waals surface area contributed by atoms with Gasteiger partial charge in [0.15, 0.2) is 0 Å². The molecule has 16 heavy (non-hydrogen) atoms. The van der Waals surface area contributed by atoms with Gasteiger partial charge in [-0.15, -0.1) is 0 Å². The third-order valence-corrected chi connectivity index (χ3v) is 4.05. The third-order valence-electron chi connectivity index (χ3n) is 3.66. The first-order chi connectivity index (χ1) is 7.75. The Morgan fingerprint density at radius 3 is 3.06 bits per heavy atom. The van der Waals surface area contributed by atoms with Crippen LogP contribution in [0.4, 0.5) is 0 Å². The second-order valence-electron chi connectivity index (χ2n) is 4.71. The van der Waals surface area contributed by atoms with Gasteiger partial charge in [-0.1, -0.05) is 17.7 Å². The molecule has 2 atom stereocenters. The highest BCUT2D eigenvalue weighted by molar-refractivity contribution is 6.30. The van der Waals surface area contributed by atoms with Crippen molar-refractivity contribution in [2.75, 3.05) is 6.54 Å². The summed E-state index contributed by atoms with van der Waals surface area (Å²) in [5.74, 6) is 0.830. The van der Waals surface area contributed by atoms with Crippen LogP contribution in [0.5, 0.6) is 0 Å². The highest BCUT2D eigenvalue weighted by atomic mass is 35.5. The van der Waals surface area contributed by atoms with Crippen LogP contribution in [0, 0.1) is 12.8 Å². The van der Waals surface area contributed by atoms with Crippen molar-refractivity contribution in [3.63, 3.8) is 0 Å². The van der Waals surface area contributed by atoms with Crippen LogP contribution in [0.15, 0.2) is 18.3 Å². The monoisotopic (exact) mass is 234 g/mol. The average molecular weight is 235 g/mol. The Kier molecular flexibility index (Phi) is 2.49. The number of aromatic nitrogens is 1. The second-order valence-corrected chi connectivity index (χ2v) is 5.07. The zero-order valence-electron chi connectivity index (χ0n) is 9.33. The Morgan fingerprint density at radius 1 is 1.50 bits per heavy atom. The van der Waals surface area contributed by atoms with Crippen LogP contribution >= 0.6 is 11.6 Å². The van der Waals surface area contributed by atoms with Gasteiger partial charge < -0.3 is 5.32 Å². The van der Waals surface area contributed by atoms with Crippen LogP contribution in [0.1, 0.15) is 24.0 Å². The van der Waals surface area contributed by atoms with Crippen molar-refractivity contribution >= 4 is 17.2 Å². The van der Waals surface area contributed by atoms with Crippen LogP contribution in [0.3, 0.4) is 0 Å². The summed E-state index contributed by atoms with van der Waals surface area (Å²) in [5.41, 5.74) is 3.69. The van der Waals surface area contributed by atoms with Gasteiger partial charge in [-0.3, -0.25) is 0 Å². The fourth-order valence-electron chi connectivity index (χ4n) is 2.63. The van der Waals surface area contributed by atoms with E-state index in [0.29, 0.717) is 11.2 Å². The number of halogens is 1. The molecule has 0 radical (unpaired) electrons. The number of pyridine rings is 1.